The van der Waals surface area contributed by atoms with Crippen LogP contribution in [0, 0.1) is 23.7 Å². The van der Waals surface area contributed by atoms with Gasteiger partial charge in [0.05, 0.1) is 11.8 Å². The number of hydrogen-bond acceptors (Lipinski definition) is 4. The highest BCUT2D eigenvalue weighted by Gasteiger charge is 2.47. The first-order valence-corrected chi connectivity index (χ1v) is 11.5. The molecule has 0 spiro atoms. The van der Waals surface area contributed by atoms with E-state index in [-0.39, 0.29) is 36.1 Å². The molecule has 3 aliphatic rings. The molecule has 0 saturated carbocycles. The van der Waals surface area contributed by atoms with Crippen LogP contribution in [0.4, 0.5) is 0 Å². The van der Waals surface area contributed by atoms with Gasteiger partial charge in [-0.15, -0.1) is 0 Å². The van der Waals surface area contributed by atoms with Gasteiger partial charge in [0, 0.05) is 26.2 Å². The van der Waals surface area contributed by atoms with Crippen LogP contribution in [0.25, 0.3) is 0 Å². The zero-order chi connectivity index (χ0) is 22.0. The second kappa shape index (κ2) is 9.35. The Morgan fingerprint density at radius 3 is 2.06 bits per heavy atom. The maximum atomic E-state index is 12.5. The first kappa shape index (κ1) is 21.8. The van der Waals surface area contributed by atoms with E-state index in [1.165, 1.54) is 12.0 Å². The van der Waals surface area contributed by atoms with E-state index >= 15 is 0 Å². The highest BCUT2D eigenvalue weighted by Crippen LogP contribution is 2.34. The van der Waals surface area contributed by atoms with Gasteiger partial charge in [0.1, 0.15) is 6.54 Å². The fourth-order valence-corrected chi connectivity index (χ4v) is 5.37. The molecule has 166 valence electrons. The molecule has 0 unspecified atom stereocenters. The molecule has 4 atom stereocenters. The summed E-state index contributed by atoms with van der Waals surface area (Å²) in [6.45, 7) is 8.10. The molecule has 1 N–H and O–H groups in total. The van der Waals surface area contributed by atoms with Crippen LogP contribution >= 0.6 is 0 Å². The summed E-state index contributed by atoms with van der Waals surface area (Å²) in [5.41, 5.74) is 2.29. The minimum absolute atomic E-state index is 0.186. The first-order chi connectivity index (χ1) is 14.9. The molecule has 1 aromatic carbocycles. The number of piperidine rings is 1. The van der Waals surface area contributed by atoms with Crippen LogP contribution in [0.2, 0.25) is 0 Å². The van der Waals surface area contributed by atoms with Crippen LogP contribution in [0.5, 0.6) is 0 Å². The first-order valence-electron chi connectivity index (χ1n) is 11.5. The molecule has 6 nitrogen and oxygen atoms in total. The average molecular weight is 424 g/mol. The zero-order valence-corrected chi connectivity index (χ0v) is 18.5. The Balaban J connectivity index is 1.25. The Kier molecular flexibility index (Phi) is 6.56. The van der Waals surface area contributed by atoms with E-state index < -0.39 is 0 Å². The Hall–Kier alpha value is -2.47. The summed E-state index contributed by atoms with van der Waals surface area (Å²) < 4.78 is 0. The van der Waals surface area contributed by atoms with Crippen molar-refractivity contribution < 1.29 is 14.4 Å². The van der Waals surface area contributed by atoms with Crippen molar-refractivity contribution in [3.63, 3.8) is 0 Å². The second-order valence-electron chi connectivity index (χ2n) is 9.65. The highest BCUT2D eigenvalue weighted by molar-refractivity contribution is 6.07. The van der Waals surface area contributed by atoms with Gasteiger partial charge in [0.15, 0.2) is 0 Å². The summed E-state index contributed by atoms with van der Waals surface area (Å²) in [4.78, 5) is 41.0. The van der Waals surface area contributed by atoms with E-state index in [0.29, 0.717) is 19.4 Å². The predicted octanol–water partition coefficient (Wildman–Crippen LogP) is 2.73. The number of fused-ring (bicyclic) bond motifs is 1. The molecule has 1 aliphatic carbocycles. The fraction of sp³-hybridized carbons (Fsp3) is 0.560. The molecule has 2 fully saturated rings. The number of amides is 3. The summed E-state index contributed by atoms with van der Waals surface area (Å²) in [5, 5.41) is 2.85. The van der Waals surface area contributed by atoms with Crippen molar-refractivity contribution in [2.75, 3.05) is 19.6 Å². The summed E-state index contributed by atoms with van der Waals surface area (Å²) in [5.74, 6) is 0.196. The summed E-state index contributed by atoms with van der Waals surface area (Å²) in [7, 11) is 0. The number of benzene rings is 1. The van der Waals surface area contributed by atoms with Crippen LogP contribution < -0.4 is 5.32 Å². The van der Waals surface area contributed by atoms with Gasteiger partial charge >= 0.3 is 0 Å². The number of likely N-dealkylation sites (tertiary alicyclic amines) is 2. The Morgan fingerprint density at radius 2 is 1.48 bits per heavy atom. The van der Waals surface area contributed by atoms with Crippen molar-refractivity contribution in [1.82, 2.24) is 15.1 Å². The smallest absolute Gasteiger partial charge is 0.240 e. The Bertz CT molecular complexity index is 827. The maximum Gasteiger partial charge on any atom is 0.240 e. The van der Waals surface area contributed by atoms with Crippen LogP contribution in [0.15, 0.2) is 36.4 Å². The van der Waals surface area contributed by atoms with Gasteiger partial charge in [0.25, 0.3) is 0 Å². The van der Waals surface area contributed by atoms with Gasteiger partial charge in [-0.05, 0) is 42.2 Å². The van der Waals surface area contributed by atoms with Crippen LogP contribution in [-0.2, 0) is 27.5 Å². The Morgan fingerprint density at radius 1 is 0.935 bits per heavy atom. The lowest BCUT2D eigenvalue weighted by molar-refractivity contribution is -0.143. The molecule has 31 heavy (non-hydrogen) atoms. The van der Waals surface area contributed by atoms with Gasteiger partial charge in [-0.1, -0.05) is 50.3 Å². The molecule has 3 amide bonds. The normalized spacial score (nSPS) is 28.6. The van der Waals surface area contributed by atoms with E-state index in [1.54, 1.807) is 0 Å². The lowest BCUT2D eigenvalue weighted by atomic mass is 9.85. The van der Waals surface area contributed by atoms with Crippen molar-refractivity contribution in [3.05, 3.63) is 47.5 Å². The molecule has 6 heteroatoms. The molecule has 0 bridgehead atoms. The van der Waals surface area contributed by atoms with Crippen LogP contribution in [0.3, 0.4) is 0 Å². The molecule has 2 heterocycles. The number of nitrogens with one attached hydrogen (secondary N) is 1. The summed E-state index contributed by atoms with van der Waals surface area (Å²) in [6, 6.07) is 8.32. The fourth-order valence-electron chi connectivity index (χ4n) is 5.37. The van der Waals surface area contributed by atoms with Gasteiger partial charge in [-0.25, -0.2) is 0 Å². The van der Waals surface area contributed by atoms with E-state index in [0.717, 1.165) is 41.9 Å². The number of hydrogen-bond donors (Lipinski definition) is 1. The van der Waals surface area contributed by atoms with Crippen molar-refractivity contribution in [2.24, 2.45) is 23.7 Å². The third-order valence-electron chi connectivity index (χ3n) is 6.76. The third-order valence-corrected chi connectivity index (χ3v) is 6.76. The topological polar surface area (TPSA) is 69.7 Å². The minimum Gasteiger partial charge on any atom is -0.350 e. The maximum absolute atomic E-state index is 12.5. The molecule has 0 radical (unpaired) electrons. The van der Waals surface area contributed by atoms with Gasteiger partial charge in [-0.3, -0.25) is 24.2 Å². The van der Waals surface area contributed by atoms with Crippen molar-refractivity contribution in [1.29, 1.82) is 0 Å². The van der Waals surface area contributed by atoms with Crippen LogP contribution in [0.1, 0.15) is 44.2 Å². The third kappa shape index (κ3) is 5.06. The number of imide groups is 1. The van der Waals surface area contributed by atoms with Crippen LogP contribution in [-0.4, -0.2) is 47.2 Å². The molecule has 0 aromatic heterocycles. The molecule has 4 rings (SSSR count). The monoisotopic (exact) mass is 423 g/mol. The van der Waals surface area contributed by atoms with E-state index in [4.69, 9.17) is 0 Å². The number of carbonyl (C=O) groups excluding carboxylic acids is 3. The van der Waals surface area contributed by atoms with Crippen molar-refractivity contribution >= 4 is 17.7 Å². The van der Waals surface area contributed by atoms with Crippen molar-refractivity contribution in [2.45, 2.75) is 46.2 Å². The number of allylic oxidation sites excluding steroid dienone is 2. The molecule has 2 aliphatic heterocycles. The number of carbonyl (C=O) groups is 3. The SMILES string of the molecule is C[C@H]1C[C@H](C)CN(Cc2ccc(CNC(=O)CN3C(=O)[C@H]4CC=CC[C@H]4C3=O)cc2)C1. The van der Waals surface area contributed by atoms with Gasteiger partial charge in [-0.2, -0.15) is 0 Å². The quantitative estimate of drug-likeness (QED) is 0.564. The molecular formula is C25H33N3O3. The lowest BCUT2D eigenvalue weighted by Gasteiger charge is -2.35. The highest BCUT2D eigenvalue weighted by atomic mass is 16.2. The predicted molar refractivity (Wildman–Crippen MR) is 119 cm³/mol. The molecular weight excluding hydrogens is 390 g/mol. The van der Waals surface area contributed by atoms with E-state index in [9.17, 15) is 14.4 Å². The Labute approximate surface area is 184 Å². The second-order valence-corrected chi connectivity index (χ2v) is 9.65. The number of rotatable bonds is 6. The molecule has 2 saturated heterocycles. The van der Waals surface area contributed by atoms with Gasteiger partial charge in [0.2, 0.25) is 17.7 Å². The number of nitrogens with zero attached hydrogens (tertiary/aromatic N) is 2. The lowest BCUT2D eigenvalue weighted by Crippen LogP contribution is -2.40. The summed E-state index contributed by atoms with van der Waals surface area (Å²) in [6.07, 6.45) is 6.39. The van der Waals surface area contributed by atoms with Gasteiger partial charge < -0.3 is 5.32 Å². The average Bonchev–Trinajstić information content (AvgIpc) is 2.98. The summed E-state index contributed by atoms with van der Waals surface area (Å²) >= 11 is 0. The standard InChI is InChI=1S/C25H33N3O3/c1-17-11-18(2)14-27(13-17)15-20-9-7-19(8-10-20)12-26-23(29)16-28-24(30)21-5-3-4-6-22(21)25(28)31/h3-4,7-10,17-18,21-22H,5-6,11-16H2,1-2H3,(H,26,29)/t17-,18-,21-,22+/m0/s1. The largest absolute Gasteiger partial charge is 0.350 e. The minimum atomic E-state index is -0.298. The van der Waals surface area contributed by atoms with Crippen molar-refractivity contribution in [3.8, 4) is 0 Å². The molecule has 1 aromatic rings. The zero-order valence-electron chi connectivity index (χ0n) is 18.5. The van der Waals surface area contributed by atoms with E-state index in [2.05, 4.69) is 36.2 Å². The van der Waals surface area contributed by atoms with E-state index in [1.807, 2.05) is 24.3 Å².